The maximum absolute atomic E-state index is 9.81. The summed E-state index contributed by atoms with van der Waals surface area (Å²) >= 11 is 0. The van der Waals surface area contributed by atoms with Crippen LogP contribution in [-0.2, 0) is 0 Å². The summed E-state index contributed by atoms with van der Waals surface area (Å²) in [6, 6.07) is -0.250. The molecular formula is C12H25NO3. The topological polar surface area (TPSA) is 72.7 Å². The standard InChI is InChI=1S/C12H25NO3/c1-3-4-5-6-7-9-11(15)12(16)10(14)8(2)13-9/h8-16H,3-7H2,1-2H3/t8-,9+,10+,11+,12+/m0/s1. The highest BCUT2D eigenvalue weighted by Gasteiger charge is 2.39. The smallest absolute Gasteiger partial charge is 0.109 e. The average molecular weight is 231 g/mol. The number of aliphatic hydroxyl groups excluding tert-OH is 3. The summed E-state index contributed by atoms with van der Waals surface area (Å²) in [7, 11) is 0. The molecule has 0 aromatic rings. The van der Waals surface area contributed by atoms with Crippen LogP contribution in [0.5, 0.6) is 0 Å². The fourth-order valence-electron chi connectivity index (χ4n) is 2.32. The molecule has 1 aliphatic rings. The third-order valence-electron chi connectivity index (χ3n) is 3.47. The van der Waals surface area contributed by atoms with Crippen LogP contribution < -0.4 is 5.32 Å². The zero-order valence-electron chi connectivity index (χ0n) is 10.3. The molecule has 96 valence electrons. The molecule has 1 aliphatic heterocycles. The van der Waals surface area contributed by atoms with Gasteiger partial charge in [0.25, 0.3) is 0 Å². The van der Waals surface area contributed by atoms with Gasteiger partial charge in [-0.25, -0.2) is 0 Å². The Morgan fingerprint density at radius 2 is 1.62 bits per heavy atom. The van der Waals surface area contributed by atoms with Crippen LogP contribution >= 0.6 is 0 Å². The van der Waals surface area contributed by atoms with Crippen LogP contribution in [0.15, 0.2) is 0 Å². The van der Waals surface area contributed by atoms with Crippen molar-refractivity contribution in [1.82, 2.24) is 5.32 Å². The molecule has 4 heteroatoms. The number of aliphatic hydroxyl groups is 3. The predicted molar refractivity (Wildman–Crippen MR) is 63.2 cm³/mol. The second-order valence-corrected chi connectivity index (χ2v) is 4.88. The first-order valence-electron chi connectivity index (χ1n) is 6.38. The molecule has 0 amide bonds. The minimum Gasteiger partial charge on any atom is -0.389 e. The lowest BCUT2D eigenvalue weighted by molar-refractivity contribution is -0.111. The number of piperidine rings is 1. The Morgan fingerprint density at radius 3 is 2.25 bits per heavy atom. The fraction of sp³-hybridized carbons (Fsp3) is 1.00. The third-order valence-corrected chi connectivity index (χ3v) is 3.47. The van der Waals surface area contributed by atoms with E-state index in [0.29, 0.717) is 0 Å². The van der Waals surface area contributed by atoms with Gasteiger partial charge in [0.15, 0.2) is 0 Å². The highest BCUT2D eigenvalue weighted by molar-refractivity contribution is 4.96. The van der Waals surface area contributed by atoms with E-state index in [0.717, 1.165) is 19.3 Å². The zero-order chi connectivity index (χ0) is 12.1. The first-order valence-corrected chi connectivity index (χ1v) is 6.38. The van der Waals surface area contributed by atoms with Crippen molar-refractivity contribution in [1.29, 1.82) is 0 Å². The normalized spacial score (nSPS) is 39.9. The average Bonchev–Trinajstić information content (AvgIpc) is 2.28. The molecule has 1 heterocycles. The predicted octanol–water partition coefficient (Wildman–Crippen LogP) is 0.400. The van der Waals surface area contributed by atoms with E-state index in [1.54, 1.807) is 0 Å². The van der Waals surface area contributed by atoms with Crippen molar-refractivity contribution in [2.45, 2.75) is 76.3 Å². The van der Waals surface area contributed by atoms with E-state index in [2.05, 4.69) is 12.2 Å². The van der Waals surface area contributed by atoms with Gasteiger partial charge in [-0.3, -0.25) is 0 Å². The van der Waals surface area contributed by atoms with Crippen molar-refractivity contribution in [2.75, 3.05) is 0 Å². The molecule has 0 radical (unpaired) electrons. The van der Waals surface area contributed by atoms with Crippen LogP contribution in [0.4, 0.5) is 0 Å². The number of unbranched alkanes of at least 4 members (excludes halogenated alkanes) is 3. The Hall–Kier alpha value is -0.160. The molecule has 1 fully saturated rings. The zero-order valence-corrected chi connectivity index (χ0v) is 10.3. The molecule has 0 unspecified atom stereocenters. The van der Waals surface area contributed by atoms with E-state index in [4.69, 9.17) is 0 Å². The number of hydrogen-bond acceptors (Lipinski definition) is 4. The fourth-order valence-corrected chi connectivity index (χ4v) is 2.32. The summed E-state index contributed by atoms with van der Waals surface area (Å²) in [6.07, 6.45) is 2.73. The second-order valence-electron chi connectivity index (χ2n) is 4.88. The van der Waals surface area contributed by atoms with Crippen molar-refractivity contribution in [3.63, 3.8) is 0 Å². The lowest BCUT2D eigenvalue weighted by Gasteiger charge is -2.40. The molecule has 0 spiro atoms. The molecule has 16 heavy (non-hydrogen) atoms. The van der Waals surface area contributed by atoms with Crippen molar-refractivity contribution in [2.24, 2.45) is 0 Å². The van der Waals surface area contributed by atoms with E-state index < -0.39 is 18.3 Å². The molecule has 4 N–H and O–H groups in total. The largest absolute Gasteiger partial charge is 0.389 e. The highest BCUT2D eigenvalue weighted by atomic mass is 16.4. The minimum atomic E-state index is -1.02. The van der Waals surface area contributed by atoms with Crippen LogP contribution in [0.1, 0.15) is 46.0 Å². The number of hydrogen-bond donors (Lipinski definition) is 4. The van der Waals surface area contributed by atoms with Crippen LogP contribution in [0.2, 0.25) is 0 Å². The van der Waals surface area contributed by atoms with Gasteiger partial charge in [-0.2, -0.15) is 0 Å². The lowest BCUT2D eigenvalue weighted by Crippen LogP contribution is -2.63. The summed E-state index contributed by atoms with van der Waals surface area (Å²) in [5.41, 5.74) is 0. The van der Waals surface area contributed by atoms with Crippen molar-refractivity contribution in [3.8, 4) is 0 Å². The first kappa shape index (κ1) is 13.9. The van der Waals surface area contributed by atoms with Crippen LogP contribution in [0.25, 0.3) is 0 Å². The Bertz CT molecular complexity index is 201. The van der Waals surface area contributed by atoms with Gasteiger partial charge in [0.2, 0.25) is 0 Å². The van der Waals surface area contributed by atoms with Gasteiger partial charge in [-0.15, -0.1) is 0 Å². The summed E-state index contributed by atoms with van der Waals surface area (Å²) < 4.78 is 0. The maximum atomic E-state index is 9.81. The maximum Gasteiger partial charge on any atom is 0.109 e. The summed E-state index contributed by atoms with van der Waals surface area (Å²) in [6.45, 7) is 3.99. The van der Waals surface area contributed by atoms with E-state index in [1.807, 2.05) is 6.92 Å². The molecular weight excluding hydrogens is 206 g/mol. The SMILES string of the molecule is CCCCCC[C@H]1N[C@@H](C)[C@@H](O)[C@@H](O)[C@@H]1O. The molecule has 0 aromatic carbocycles. The van der Waals surface area contributed by atoms with Crippen LogP contribution in [0, 0.1) is 0 Å². The lowest BCUT2D eigenvalue weighted by atomic mass is 9.88. The molecule has 1 rings (SSSR count). The molecule has 0 saturated carbocycles. The van der Waals surface area contributed by atoms with Gasteiger partial charge in [-0.05, 0) is 13.3 Å². The van der Waals surface area contributed by atoms with Crippen LogP contribution in [0.3, 0.4) is 0 Å². The Morgan fingerprint density at radius 1 is 0.938 bits per heavy atom. The van der Waals surface area contributed by atoms with Gasteiger partial charge in [0.1, 0.15) is 6.10 Å². The monoisotopic (exact) mass is 231 g/mol. The van der Waals surface area contributed by atoms with Gasteiger partial charge in [0, 0.05) is 12.1 Å². The molecule has 0 aliphatic carbocycles. The summed E-state index contributed by atoms with van der Waals surface area (Å²) in [4.78, 5) is 0. The first-order chi connectivity index (χ1) is 7.57. The minimum absolute atomic E-state index is 0.0924. The van der Waals surface area contributed by atoms with E-state index in [-0.39, 0.29) is 12.1 Å². The Labute approximate surface area is 97.7 Å². The van der Waals surface area contributed by atoms with Gasteiger partial charge in [0.05, 0.1) is 12.2 Å². The summed E-state index contributed by atoms with van der Waals surface area (Å²) in [5.74, 6) is 0. The van der Waals surface area contributed by atoms with Gasteiger partial charge >= 0.3 is 0 Å². The van der Waals surface area contributed by atoms with E-state index in [9.17, 15) is 15.3 Å². The summed E-state index contributed by atoms with van der Waals surface area (Å²) in [5, 5.41) is 32.2. The number of rotatable bonds is 5. The molecule has 1 saturated heterocycles. The van der Waals surface area contributed by atoms with E-state index in [1.165, 1.54) is 12.8 Å². The molecule has 0 bridgehead atoms. The Kier molecular flexibility index (Phi) is 5.69. The van der Waals surface area contributed by atoms with Crippen molar-refractivity contribution < 1.29 is 15.3 Å². The molecule has 4 nitrogen and oxygen atoms in total. The number of nitrogens with one attached hydrogen (secondary N) is 1. The van der Waals surface area contributed by atoms with Crippen molar-refractivity contribution in [3.05, 3.63) is 0 Å². The van der Waals surface area contributed by atoms with E-state index >= 15 is 0 Å². The molecule has 5 atom stereocenters. The van der Waals surface area contributed by atoms with Gasteiger partial charge in [-0.1, -0.05) is 32.6 Å². The quantitative estimate of drug-likeness (QED) is 0.517. The highest BCUT2D eigenvalue weighted by Crippen LogP contribution is 2.19. The molecule has 0 aromatic heterocycles. The van der Waals surface area contributed by atoms with Crippen molar-refractivity contribution >= 4 is 0 Å². The van der Waals surface area contributed by atoms with Crippen LogP contribution in [-0.4, -0.2) is 45.7 Å². The van der Waals surface area contributed by atoms with Gasteiger partial charge < -0.3 is 20.6 Å². The Balaban J connectivity index is 2.35. The second kappa shape index (κ2) is 6.55. The third kappa shape index (κ3) is 3.42.